The van der Waals surface area contributed by atoms with Crippen LogP contribution in [0.15, 0.2) is 35.5 Å². The number of hydrogen-bond acceptors (Lipinski definition) is 6. The molecule has 1 heterocycles. The van der Waals surface area contributed by atoms with Crippen LogP contribution >= 0.6 is 0 Å². The largest absolute Gasteiger partial charge is 0.424 e. The summed E-state index contributed by atoms with van der Waals surface area (Å²) in [6.07, 6.45) is 0. The molecule has 1 aromatic carbocycles. The smallest absolute Gasteiger partial charge is 0.322 e. The molecule has 7 nitrogen and oxygen atoms in total. The monoisotopic (exact) mass is 274 g/mol. The molecule has 0 aliphatic carbocycles. The van der Waals surface area contributed by atoms with Gasteiger partial charge in [0.15, 0.2) is 5.84 Å². The molecule has 7 heteroatoms. The summed E-state index contributed by atoms with van der Waals surface area (Å²) in [7, 11) is 0. The van der Waals surface area contributed by atoms with Crippen molar-refractivity contribution in [2.45, 2.75) is 13.5 Å². The number of aryl methyl sites for hydroxylation is 1. The maximum absolute atomic E-state index is 9.07. The molecule has 0 atom stereocenters. The summed E-state index contributed by atoms with van der Waals surface area (Å²) in [6, 6.07) is 8.57. The Balaban J connectivity index is 2.31. The minimum Gasteiger partial charge on any atom is -0.424 e. The summed E-state index contributed by atoms with van der Waals surface area (Å²) in [4.78, 5) is 8.16. The number of ether oxygens (including phenoxy) is 1. The molecule has 0 radical (unpaired) electrons. The van der Waals surface area contributed by atoms with Crippen LogP contribution in [0.5, 0.6) is 11.8 Å². The number of nitrogens with two attached hydrogens (primary N) is 1. The summed E-state index contributed by atoms with van der Waals surface area (Å²) in [6.45, 7) is 1.66. The molecule has 0 unspecified atom stereocenters. The maximum Gasteiger partial charge on any atom is 0.322 e. The van der Waals surface area contributed by atoms with Crippen LogP contribution in [-0.2, 0) is 6.61 Å². The molecule has 0 aliphatic rings. The van der Waals surface area contributed by atoms with E-state index >= 15 is 0 Å². The van der Waals surface area contributed by atoms with E-state index in [-0.39, 0.29) is 24.1 Å². The number of oxime groups is 1. The molecular formula is C13H14N4O3. The molecule has 0 spiro atoms. The highest BCUT2D eigenvalue weighted by atomic mass is 16.5. The average Bonchev–Trinajstić information content (AvgIpc) is 2.46. The highest BCUT2D eigenvalue weighted by molar-refractivity contribution is 5.95. The maximum atomic E-state index is 9.07. The summed E-state index contributed by atoms with van der Waals surface area (Å²) in [5.74, 6) is 0.372. The van der Waals surface area contributed by atoms with Gasteiger partial charge >= 0.3 is 6.01 Å². The van der Waals surface area contributed by atoms with Gasteiger partial charge in [-0.1, -0.05) is 17.3 Å². The van der Waals surface area contributed by atoms with Gasteiger partial charge in [0.2, 0.25) is 0 Å². The molecule has 0 fully saturated rings. The standard InChI is InChI=1S/C13H14N4O3/c1-8-5-11(12(14)17-19)16-13(15-8)20-10-4-2-3-9(6-10)7-18/h2-6,18-19H,7H2,1H3,(H2,14,17). The number of rotatable bonds is 4. The van der Waals surface area contributed by atoms with E-state index in [0.717, 1.165) is 0 Å². The zero-order valence-electron chi connectivity index (χ0n) is 10.8. The lowest BCUT2D eigenvalue weighted by atomic mass is 10.2. The fourth-order valence-electron chi connectivity index (χ4n) is 1.58. The molecule has 2 aromatic rings. The van der Waals surface area contributed by atoms with Crippen LogP contribution in [0.2, 0.25) is 0 Å². The van der Waals surface area contributed by atoms with Gasteiger partial charge in [-0.15, -0.1) is 0 Å². The van der Waals surface area contributed by atoms with Crippen molar-refractivity contribution < 1.29 is 15.1 Å². The first-order chi connectivity index (χ1) is 9.62. The van der Waals surface area contributed by atoms with E-state index in [1.54, 1.807) is 37.3 Å². The van der Waals surface area contributed by atoms with E-state index < -0.39 is 0 Å². The normalized spacial score (nSPS) is 11.4. The van der Waals surface area contributed by atoms with Gasteiger partial charge in [-0.2, -0.15) is 4.98 Å². The van der Waals surface area contributed by atoms with Crippen molar-refractivity contribution >= 4 is 5.84 Å². The predicted octanol–water partition coefficient (Wildman–Crippen LogP) is 1.16. The van der Waals surface area contributed by atoms with Gasteiger partial charge in [0.25, 0.3) is 0 Å². The Morgan fingerprint density at radius 1 is 1.35 bits per heavy atom. The lowest BCUT2D eigenvalue weighted by molar-refractivity contribution is 0.281. The number of nitrogens with zero attached hydrogens (tertiary/aromatic N) is 3. The Morgan fingerprint density at radius 2 is 2.15 bits per heavy atom. The van der Waals surface area contributed by atoms with Crippen molar-refractivity contribution in [3.05, 3.63) is 47.3 Å². The number of amidine groups is 1. The first-order valence-electron chi connectivity index (χ1n) is 5.83. The fraction of sp³-hybridized carbons (Fsp3) is 0.154. The molecule has 1 aromatic heterocycles. The van der Waals surface area contributed by atoms with Crippen LogP contribution in [0.1, 0.15) is 17.0 Å². The van der Waals surface area contributed by atoms with Gasteiger partial charge in [-0.05, 0) is 30.7 Å². The van der Waals surface area contributed by atoms with Gasteiger partial charge in [0.05, 0.1) is 6.61 Å². The van der Waals surface area contributed by atoms with Gasteiger partial charge in [0, 0.05) is 5.69 Å². The van der Waals surface area contributed by atoms with Gasteiger partial charge in [-0.3, -0.25) is 0 Å². The Hall–Kier alpha value is -2.67. The predicted molar refractivity (Wildman–Crippen MR) is 71.7 cm³/mol. The lowest BCUT2D eigenvalue weighted by Gasteiger charge is -2.07. The number of benzene rings is 1. The molecule has 0 amide bonds. The van der Waals surface area contributed by atoms with Crippen LogP contribution < -0.4 is 10.5 Å². The third kappa shape index (κ3) is 3.21. The van der Waals surface area contributed by atoms with Gasteiger partial charge in [0.1, 0.15) is 11.4 Å². The molecule has 0 bridgehead atoms. The van der Waals surface area contributed by atoms with E-state index in [9.17, 15) is 0 Å². The molecule has 0 saturated carbocycles. The highest BCUT2D eigenvalue weighted by Gasteiger charge is 2.08. The highest BCUT2D eigenvalue weighted by Crippen LogP contribution is 2.19. The van der Waals surface area contributed by atoms with Crippen LogP contribution in [0.3, 0.4) is 0 Å². The molecule has 104 valence electrons. The second-order valence-corrected chi connectivity index (χ2v) is 4.07. The third-order valence-corrected chi connectivity index (χ3v) is 2.49. The first-order valence-corrected chi connectivity index (χ1v) is 5.83. The molecule has 4 N–H and O–H groups in total. The van der Waals surface area contributed by atoms with Crippen molar-refractivity contribution in [3.8, 4) is 11.8 Å². The lowest BCUT2D eigenvalue weighted by Crippen LogP contribution is -2.16. The van der Waals surface area contributed by atoms with E-state index in [2.05, 4.69) is 15.1 Å². The first kappa shape index (κ1) is 13.8. The van der Waals surface area contributed by atoms with Crippen molar-refractivity contribution in [2.24, 2.45) is 10.9 Å². The molecule has 2 rings (SSSR count). The number of aliphatic hydroxyl groups is 1. The molecule has 20 heavy (non-hydrogen) atoms. The summed E-state index contributed by atoms with van der Waals surface area (Å²) >= 11 is 0. The van der Waals surface area contributed by atoms with Crippen LogP contribution in [-0.4, -0.2) is 26.1 Å². The van der Waals surface area contributed by atoms with Crippen molar-refractivity contribution in [3.63, 3.8) is 0 Å². The van der Waals surface area contributed by atoms with Gasteiger partial charge in [-0.25, -0.2) is 4.98 Å². The Bertz CT molecular complexity index is 643. The topological polar surface area (TPSA) is 114 Å². The van der Waals surface area contributed by atoms with Crippen LogP contribution in [0.4, 0.5) is 0 Å². The van der Waals surface area contributed by atoms with E-state index in [1.165, 1.54) is 0 Å². The number of hydrogen-bond donors (Lipinski definition) is 3. The average molecular weight is 274 g/mol. The Labute approximate surface area is 115 Å². The second kappa shape index (κ2) is 5.98. The number of aliphatic hydroxyl groups excluding tert-OH is 1. The zero-order chi connectivity index (χ0) is 14.5. The van der Waals surface area contributed by atoms with Crippen molar-refractivity contribution in [1.82, 2.24) is 9.97 Å². The van der Waals surface area contributed by atoms with Gasteiger partial charge < -0.3 is 20.8 Å². The number of aromatic nitrogens is 2. The second-order valence-electron chi connectivity index (χ2n) is 4.07. The minimum absolute atomic E-state index is 0.0821. The van der Waals surface area contributed by atoms with E-state index in [4.69, 9.17) is 20.8 Å². The molecule has 0 saturated heterocycles. The summed E-state index contributed by atoms with van der Waals surface area (Å²) in [5.41, 5.74) is 7.10. The summed E-state index contributed by atoms with van der Waals surface area (Å²) < 4.78 is 5.51. The van der Waals surface area contributed by atoms with E-state index in [1.807, 2.05) is 0 Å². The fourth-order valence-corrected chi connectivity index (χ4v) is 1.58. The van der Waals surface area contributed by atoms with Crippen LogP contribution in [0.25, 0.3) is 0 Å². The molecule has 0 aliphatic heterocycles. The quantitative estimate of drug-likeness (QED) is 0.334. The van der Waals surface area contributed by atoms with Crippen LogP contribution in [0, 0.1) is 6.92 Å². The Kier molecular flexibility index (Phi) is 4.11. The van der Waals surface area contributed by atoms with Crippen molar-refractivity contribution in [1.29, 1.82) is 0 Å². The summed E-state index contributed by atoms with van der Waals surface area (Å²) in [5, 5.41) is 20.6. The van der Waals surface area contributed by atoms with E-state index in [0.29, 0.717) is 17.0 Å². The Morgan fingerprint density at radius 3 is 2.85 bits per heavy atom. The molecular weight excluding hydrogens is 260 g/mol. The zero-order valence-corrected chi connectivity index (χ0v) is 10.8. The minimum atomic E-state index is -0.121. The third-order valence-electron chi connectivity index (χ3n) is 2.49. The van der Waals surface area contributed by atoms with Crippen molar-refractivity contribution in [2.75, 3.05) is 0 Å². The SMILES string of the molecule is Cc1cc(/C(N)=N/O)nc(Oc2cccc(CO)c2)n1.